The van der Waals surface area contributed by atoms with Crippen molar-refractivity contribution in [3.63, 3.8) is 0 Å². The van der Waals surface area contributed by atoms with Crippen LogP contribution in [0.25, 0.3) is 10.8 Å². The van der Waals surface area contributed by atoms with Crippen LogP contribution in [0.2, 0.25) is 0 Å². The van der Waals surface area contributed by atoms with Gasteiger partial charge in [-0.25, -0.2) is 9.48 Å². The first-order valence-corrected chi connectivity index (χ1v) is 8.35. The van der Waals surface area contributed by atoms with Gasteiger partial charge in [0.15, 0.2) is 5.69 Å². The predicted molar refractivity (Wildman–Crippen MR) is 96.9 cm³/mol. The fraction of sp³-hybridized carbons (Fsp3) is 0.353. The molecule has 2 aromatic rings. The number of nitrogens with one attached hydrogen (secondary N) is 2. The number of hydrogen-bond acceptors (Lipinski definition) is 6. The minimum Gasteiger partial charge on any atom is -0.450 e. The Morgan fingerprint density at radius 1 is 1.15 bits per heavy atom. The third-order valence-electron chi connectivity index (χ3n) is 3.66. The van der Waals surface area contributed by atoms with Gasteiger partial charge in [0.25, 0.3) is 17.4 Å². The Balaban J connectivity index is 2.13. The number of ether oxygens (including phenoxy) is 1. The van der Waals surface area contributed by atoms with Crippen LogP contribution in [0.15, 0.2) is 29.1 Å². The first-order valence-electron chi connectivity index (χ1n) is 8.35. The number of fused-ring (bicyclic) bond motifs is 1. The van der Waals surface area contributed by atoms with Gasteiger partial charge < -0.3 is 9.64 Å². The lowest BCUT2D eigenvalue weighted by atomic mass is 10.1. The van der Waals surface area contributed by atoms with Crippen molar-refractivity contribution in [2.45, 2.75) is 20.4 Å². The minimum atomic E-state index is -0.680. The van der Waals surface area contributed by atoms with Gasteiger partial charge >= 0.3 is 6.09 Å². The van der Waals surface area contributed by atoms with E-state index in [-0.39, 0.29) is 24.4 Å². The van der Waals surface area contributed by atoms with Gasteiger partial charge in [0, 0.05) is 19.0 Å². The molecule has 2 rings (SSSR count). The van der Waals surface area contributed by atoms with Crippen molar-refractivity contribution in [2.75, 3.05) is 20.2 Å². The highest BCUT2D eigenvalue weighted by Crippen LogP contribution is 2.12. The third kappa shape index (κ3) is 4.60. The van der Waals surface area contributed by atoms with Gasteiger partial charge in [-0.05, 0) is 19.9 Å². The maximum absolute atomic E-state index is 12.5. The smallest absolute Gasteiger partial charge is 0.409 e. The Morgan fingerprint density at radius 3 is 2.44 bits per heavy atom. The summed E-state index contributed by atoms with van der Waals surface area (Å²) in [5.74, 6) is -1.30. The van der Waals surface area contributed by atoms with E-state index in [0.29, 0.717) is 17.3 Å². The lowest BCUT2D eigenvalue weighted by Gasteiger charge is -2.16. The largest absolute Gasteiger partial charge is 0.450 e. The molecular weight excluding hydrogens is 354 g/mol. The Bertz CT molecular complexity index is 924. The van der Waals surface area contributed by atoms with Gasteiger partial charge in [-0.15, -0.1) is 0 Å². The molecule has 10 heteroatoms. The van der Waals surface area contributed by atoms with Crippen LogP contribution in [0.1, 0.15) is 24.3 Å². The average Bonchev–Trinajstić information content (AvgIpc) is 2.66. The number of hydrazine groups is 1. The molecule has 27 heavy (non-hydrogen) atoms. The number of carbonyl (C=O) groups excluding carboxylic acids is 3. The van der Waals surface area contributed by atoms with Gasteiger partial charge in [0.1, 0.15) is 6.54 Å². The van der Waals surface area contributed by atoms with Gasteiger partial charge in [0.05, 0.1) is 12.0 Å². The zero-order valence-electron chi connectivity index (χ0n) is 15.3. The van der Waals surface area contributed by atoms with E-state index in [1.54, 1.807) is 38.1 Å². The number of rotatable bonds is 5. The highest BCUT2D eigenvalue weighted by atomic mass is 16.6. The summed E-state index contributed by atoms with van der Waals surface area (Å²) >= 11 is 0. The highest BCUT2D eigenvalue weighted by Gasteiger charge is 2.18. The number of likely N-dealkylation sites (N-methyl/N-ethyl adjacent to an activating group) is 1. The Morgan fingerprint density at radius 2 is 1.81 bits per heavy atom. The van der Waals surface area contributed by atoms with E-state index in [9.17, 15) is 19.2 Å². The molecule has 0 bridgehead atoms. The number of amides is 3. The molecule has 0 spiro atoms. The quantitative estimate of drug-likeness (QED) is 0.723. The molecule has 2 N–H and O–H groups in total. The second-order valence-corrected chi connectivity index (χ2v) is 5.57. The number of carbonyl (C=O) groups is 3. The van der Waals surface area contributed by atoms with Crippen molar-refractivity contribution in [1.82, 2.24) is 25.5 Å². The predicted octanol–water partition coefficient (Wildman–Crippen LogP) is 0.266. The fourth-order valence-corrected chi connectivity index (χ4v) is 2.36. The zero-order chi connectivity index (χ0) is 20.0. The van der Waals surface area contributed by atoms with E-state index in [0.717, 1.165) is 4.90 Å². The summed E-state index contributed by atoms with van der Waals surface area (Å²) in [7, 11) is 1.39. The molecule has 0 saturated carbocycles. The van der Waals surface area contributed by atoms with E-state index in [4.69, 9.17) is 4.74 Å². The van der Waals surface area contributed by atoms with Crippen molar-refractivity contribution >= 4 is 28.7 Å². The monoisotopic (exact) mass is 375 g/mol. The van der Waals surface area contributed by atoms with E-state index in [2.05, 4.69) is 16.0 Å². The molecule has 144 valence electrons. The molecule has 0 saturated heterocycles. The van der Waals surface area contributed by atoms with Gasteiger partial charge in [-0.3, -0.25) is 25.2 Å². The van der Waals surface area contributed by atoms with Crippen LogP contribution in [-0.4, -0.2) is 52.8 Å². The molecule has 1 aromatic heterocycles. The summed E-state index contributed by atoms with van der Waals surface area (Å²) < 4.78 is 5.94. The van der Waals surface area contributed by atoms with Crippen LogP contribution in [0, 0.1) is 0 Å². The summed E-state index contributed by atoms with van der Waals surface area (Å²) in [5, 5.41) is 4.80. The SMILES string of the molecule is CCOC(=O)N(C)CC(=O)NNC(=O)c1nn(CC)c(=O)c2ccccc12. The Kier molecular flexibility index (Phi) is 6.47. The molecule has 0 unspecified atom stereocenters. The van der Waals surface area contributed by atoms with Crippen LogP contribution >= 0.6 is 0 Å². The standard InChI is InChI=1S/C17H21N5O5/c1-4-22-16(25)12-9-7-6-8-11(12)14(20-22)15(24)19-18-13(23)10-21(3)17(26)27-5-2/h6-9H,4-5,10H2,1-3H3,(H,18,23)(H,19,24). The zero-order valence-corrected chi connectivity index (χ0v) is 15.3. The topological polar surface area (TPSA) is 123 Å². The maximum Gasteiger partial charge on any atom is 0.409 e. The van der Waals surface area contributed by atoms with E-state index < -0.39 is 17.9 Å². The number of aromatic nitrogens is 2. The average molecular weight is 375 g/mol. The lowest BCUT2D eigenvalue weighted by Crippen LogP contribution is -2.47. The van der Waals surface area contributed by atoms with Gasteiger partial charge in [0.2, 0.25) is 0 Å². The van der Waals surface area contributed by atoms with E-state index in [1.807, 2.05) is 0 Å². The molecule has 10 nitrogen and oxygen atoms in total. The summed E-state index contributed by atoms with van der Waals surface area (Å²) in [6.45, 7) is 3.56. The number of aryl methyl sites for hydroxylation is 1. The second-order valence-electron chi connectivity index (χ2n) is 5.57. The third-order valence-corrected chi connectivity index (χ3v) is 3.66. The molecule has 0 aliphatic heterocycles. The summed E-state index contributed by atoms with van der Waals surface area (Å²) in [5.41, 5.74) is 4.16. The van der Waals surface area contributed by atoms with Crippen molar-refractivity contribution in [1.29, 1.82) is 0 Å². The van der Waals surface area contributed by atoms with Crippen molar-refractivity contribution in [3.8, 4) is 0 Å². The van der Waals surface area contributed by atoms with Gasteiger partial charge in [-0.2, -0.15) is 5.10 Å². The molecule has 1 aromatic carbocycles. The summed E-state index contributed by atoms with van der Waals surface area (Å²) in [4.78, 5) is 49.2. The summed E-state index contributed by atoms with van der Waals surface area (Å²) in [6.07, 6.45) is -0.651. The normalized spacial score (nSPS) is 10.3. The van der Waals surface area contributed by atoms with Crippen molar-refractivity contribution in [3.05, 3.63) is 40.3 Å². The first-order chi connectivity index (χ1) is 12.9. The van der Waals surface area contributed by atoms with Crippen molar-refractivity contribution in [2.24, 2.45) is 0 Å². The van der Waals surface area contributed by atoms with Crippen LogP contribution in [0.5, 0.6) is 0 Å². The molecule has 1 heterocycles. The number of benzene rings is 1. The maximum atomic E-state index is 12.5. The first kappa shape index (κ1) is 19.9. The molecule has 0 fully saturated rings. The Labute approximate surface area is 155 Å². The number of nitrogens with zero attached hydrogens (tertiary/aromatic N) is 3. The molecular formula is C17H21N5O5. The molecule has 0 radical (unpaired) electrons. The van der Waals surface area contributed by atoms with Crippen LogP contribution in [0.3, 0.4) is 0 Å². The lowest BCUT2D eigenvalue weighted by molar-refractivity contribution is -0.122. The molecule has 0 atom stereocenters. The highest BCUT2D eigenvalue weighted by molar-refractivity contribution is 6.05. The van der Waals surface area contributed by atoms with Crippen molar-refractivity contribution < 1.29 is 19.1 Å². The second kappa shape index (κ2) is 8.79. The summed E-state index contributed by atoms with van der Waals surface area (Å²) in [6, 6.07) is 6.59. The fourth-order valence-electron chi connectivity index (χ4n) is 2.36. The van der Waals surface area contributed by atoms with Crippen LogP contribution in [0.4, 0.5) is 4.79 Å². The minimum absolute atomic E-state index is 0.00565. The molecule has 3 amide bonds. The number of hydrogen-bond donors (Lipinski definition) is 2. The van der Waals surface area contributed by atoms with Gasteiger partial charge in [-0.1, -0.05) is 18.2 Å². The van der Waals surface area contributed by atoms with E-state index >= 15 is 0 Å². The van der Waals surface area contributed by atoms with E-state index in [1.165, 1.54) is 11.7 Å². The molecule has 0 aliphatic rings. The van der Waals surface area contributed by atoms with Crippen LogP contribution < -0.4 is 16.4 Å². The Hall–Kier alpha value is -3.43. The van der Waals surface area contributed by atoms with Crippen LogP contribution in [-0.2, 0) is 16.1 Å². The molecule has 0 aliphatic carbocycles.